The Morgan fingerprint density at radius 1 is 1.47 bits per heavy atom. The first-order valence-corrected chi connectivity index (χ1v) is 6.95. The van der Waals surface area contributed by atoms with Gasteiger partial charge in [-0.15, -0.1) is 0 Å². The third kappa shape index (κ3) is 1.97. The molecule has 1 unspecified atom stereocenters. The van der Waals surface area contributed by atoms with Crippen LogP contribution in [0.25, 0.3) is 0 Å². The molecule has 3 aliphatic rings. The minimum absolute atomic E-state index is 0.140. The third-order valence-corrected chi connectivity index (χ3v) is 4.49. The van der Waals surface area contributed by atoms with Crippen molar-refractivity contribution in [2.75, 3.05) is 20.1 Å². The lowest BCUT2D eigenvalue weighted by Crippen LogP contribution is -2.41. The fraction of sp³-hybridized carbons (Fsp3) is 0.923. The summed E-state index contributed by atoms with van der Waals surface area (Å²) in [7, 11) is 2.18. The van der Waals surface area contributed by atoms with Crippen LogP contribution >= 0.6 is 0 Å². The molecule has 0 aromatic heterocycles. The second-order valence-corrected chi connectivity index (χ2v) is 5.86. The molecule has 96 valence electrons. The summed E-state index contributed by atoms with van der Waals surface area (Å²) in [6.45, 7) is 4.06. The van der Waals surface area contributed by atoms with Gasteiger partial charge in [0.05, 0.1) is 11.7 Å². The topological polar surface area (TPSA) is 35.6 Å². The van der Waals surface area contributed by atoms with Crippen molar-refractivity contribution in [1.29, 1.82) is 0 Å². The maximum atomic E-state index is 12.3. The number of rotatable bonds is 5. The van der Waals surface area contributed by atoms with Crippen LogP contribution in [0.15, 0.2) is 0 Å². The molecular weight excluding hydrogens is 214 g/mol. The van der Waals surface area contributed by atoms with Crippen LogP contribution in [-0.4, -0.2) is 53.6 Å². The number of nitrogens with one attached hydrogen (secondary N) is 1. The van der Waals surface area contributed by atoms with E-state index in [1.807, 2.05) is 0 Å². The number of hydrogen-bond acceptors (Lipinski definition) is 3. The maximum Gasteiger partial charge on any atom is 0.244 e. The number of amides is 1. The Balaban J connectivity index is 1.58. The summed E-state index contributed by atoms with van der Waals surface area (Å²) in [5.74, 6) is 0.355. The van der Waals surface area contributed by atoms with E-state index in [-0.39, 0.29) is 11.7 Å². The van der Waals surface area contributed by atoms with Crippen LogP contribution in [0, 0.1) is 0 Å². The summed E-state index contributed by atoms with van der Waals surface area (Å²) >= 11 is 0. The van der Waals surface area contributed by atoms with Gasteiger partial charge in [-0.05, 0) is 39.2 Å². The Labute approximate surface area is 103 Å². The van der Waals surface area contributed by atoms with Crippen molar-refractivity contribution < 1.29 is 4.79 Å². The molecule has 3 rings (SSSR count). The molecular formula is C13H23N3O. The van der Waals surface area contributed by atoms with Gasteiger partial charge in [-0.2, -0.15) is 0 Å². The molecule has 0 radical (unpaired) electrons. The summed E-state index contributed by atoms with van der Waals surface area (Å²) in [5, 5.41) is 3.52. The summed E-state index contributed by atoms with van der Waals surface area (Å²) in [6, 6.07) is 0.788. The lowest BCUT2D eigenvalue weighted by atomic mass is 10.3. The molecule has 0 bridgehead atoms. The van der Waals surface area contributed by atoms with E-state index in [0.717, 1.165) is 38.4 Å². The van der Waals surface area contributed by atoms with Crippen molar-refractivity contribution in [3.8, 4) is 0 Å². The summed E-state index contributed by atoms with van der Waals surface area (Å²) in [5.41, 5.74) is -0.140. The molecule has 1 N–H and O–H groups in total. The first-order valence-electron chi connectivity index (χ1n) is 6.95. The summed E-state index contributed by atoms with van der Waals surface area (Å²) < 4.78 is 0. The normalized spacial score (nSPS) is 30.6. The van der Waals surface area contributed by atoms with E-state index < -0.39 is 0 Å². The maximum absolute atomic E-state index is 12.3. The van der Waals surface area contributed by atoms with Crippen LogP contribution in [0.2, 0.25) is 0 Å². The van der Waals surface area contributed by atoms with E-state index in [2.05, 4.69) is 29.1 Å². The van der Waals surface area contributed by atoms with Gasteiger partial charge in [0.2, 0.25) is 5.91 Å². The van der Waals surface area contributed by atoms with E-state index >= 15 is 0 Å². The Bertz CT molecular complexity index is 323. The number of nitrogens with zero attached hydrogens (tertiary/aromatic N) is 2. The van der Waals surface area contributed by atoms with Crippen molar-refractivity contribution in [2.45, 2.75) is 56.8 Å². The molecule has 1 atom stereocenters. The number of carbonyl (C=O) groups is 1. The molecule has 1 heterocycles. The standard InChI is InChI=1S/C13H23N3O/c1-3-11-14-13(6-7-13)12(17)16(11)9-8-15(2)10-4-5-10/h10-11,14H,3-9H2,1-2H3. The number of carbonyl (C=O) groups excluding carboxylic acids is 1. The first-order chi connectivity index (χ1) is 8.16. The monoisotopic (exact) mass is 237 g/mol. The van der Waals surface area contributed by atoms with Gasteiger partial charge in [0.1, 0.15) is 0 Å². The van der Waals surface area contributed by atoms with E-state index in [9.17, 15) is 4.79 Å². The van der Waals surface area contributed by atoms with Crippen molar-refractivity contribution in [1.82, 2.24) is 15.1 Å². The van der Waals surface area contributed by atoms with Gasteiger partial charge in [-0.1, -0.05) is 6.92 Å². The smallest absolute Gasteiger partial charge is 0.244 e. The Kier molecular flexibility index (Phi) is 2.67. The average Bonchev–Trinajstić information content (AvgIpc) is 3.19. The van der Waals surface area contributed by atoms with Crippen molar-refractivity contribution in [3.05, 3.63) is 0 Å². The highest BCUT2D eigenvalue weighted by Crippen LogP contribution is 2.42. The van der Waals surface area contributed by atoms with Gasteiger partial charge in [-0.3, -0.25) is 10.1 Å². The second-order valence-electron chi connectivity index (χ2n) is 5.86. The highest BCUT2D eigenvalue weighted by atomic mass is 16.2. The SMILES string of the molecule is CCC1NC2(CC2)C(=O)N1CCN(C)C1CC1. The summed E-state index contributed by atoms with van der Waals surface area (Å²) in [4.78, 5) is 16.8. The van der Waals surface area contributed by atoms with Crippen LogP contribution in [0.1, 0.15) is 39.0 Å². The van der Waals surface area contributed by atoms with E-state index in [1.165, 1.54) is 12.8 Å². The zero-order chi connectivity index (χ0) is 12.0. The average molecular weight is 237 g/mol. The first kappa shape index (κ1) is 11.5. The second kappa shape index (κ2) is 3.95. The fourth-order valence-electron chi connectivity index (χ4n) is 2.90. The quantitative estimate of drug-likeness (QED) is 0.767. The van der Waals surface area contributed by atoms with Gasteiger partial charge >= 0.3 is 0 Å². The molecule has 4 nitrogen and oxygen atoms in total. The zero-order valence-corrected chi connectivity index (χ0v) is 10.9. The predicted molar refractivity (Wildman–Crippen MR) is 66.5 cm³/mol. The largest absolute Gasteiger partial charge is 0.324 e. The zero-order valence-electron chi connectivity index (χ0n) is 10.9. The van der Waals surface area contributed by atoms with Crippen molar-refractivity contribution in [2.24, 2.45) is 0 Å². The van der Waals surface area contributed by atoms with Crippen molar-refractivity contribution in [3.63, 3.8) is 0 Å². The lowest BCUT2D eigenvalue weighted by Gasteiger charge is -2.26. The van der Waals surface area contributed by atoms with E-state index in [1.54, 1.807) is 0 Å². The molecule has 4 heteroatoms. The predicted octanol–water partition coefficient (Wildman–Crippen LogP) is 0.781. The molecule has 1 saturated heterocycles. The fourth-order valence-corrected chi connectivity index (χ4v) is 2.90. The lowest BCUT2D eigenvalue weighted by molar-refractivity contribution is -0.131. The minimum atomic E-state index is -0.140. The molecule has 17 heavy (non-hydrogen) atoms. The molecule has 2 aliphatic carbocycles. The summed E-state index contributed by atoms with van der Waals surface area (Å²) in [6.07, 6.45) is 6.04. The van der Waals surface area contributed by atoms with E-state index in [4.69, 9.17) is 0 Å². The van der Waals surface area contributed by atoms with Gasteiger partial charge in [0.25, 0.3) is 0 Å². The van der Waals surface area contributed by atoms with Crippen LogP contribution < -0.4 is 5.32 Å². The molecule has 3 fully saturated rings. The van der Waals surface area contributed by atoms with Crippen LogP contribution in [-0.2, 0) is 4.79 Å². The highest BCUT2D eigenvalue weighted by Gasteiger charge is 2.58. The molecule has 1 aliphatic heterocycles. The van der Waals surface area contributed by atoms with Gasteiger partial charge in [0.15, 0.2) is 0 Å². The van der Waals surface area contributed by atoms with Crippen molar-refractivity contribution >= 4 is 5.91 Å². The Hall–Kier alpha value is -0.610. The van der Waals surface area contributed by atoms with E-state index in [0.29, 0.717) is 5.91 Å². The van der Waals surface area contributed by atoms with Crippen LogP contribution in [0.5, 0.6) is 0 Å². The Morgan fingerprint density at radius 2 is 2.18 bits per heavy atom. The number of likely N-dealkylation sites (N-methyl/N-ethyl adjacent to an activating group) is 1. The molecule has 0 aromatic rings. The molecule has 0 aromatic carbocycles. The van der Waals surface area contributed by atoms with Crippen LogP contribution in [0.3, 0.4) is 0 Å². The Morgan fingerprint density at radius 3 is 2.71 bits per heavy atom. The van der Waals surface area contributed by atoms with Gasteiger partial charge < -0.3 is 9.80 Å². The number of hydrogen-bond donors (Lipinski definition) is 1. The van der Waals surface area contributed by atoms with Gasteiger partial charge in [0, 0.05) is 19.1 Å². The van der Waals surface area contributed by atoms with Crippen LogP contribution in [0.4, 0.5) is 0 Å². The molecule has 1 amide bonds. The third-order valence-electron chi connectivity index (χ3n) is 4.49. The minimum Gasteiger partial charge on any atom is -0.324 e. The molecule has 1 spiro atoms. The van der Waals surface area contributed by atoms with Gasteiger partial charge in [-0.25, -0.2) is 0 Å². The molecule has 2 saturated carbocycles. The highest BCUT2D eigenvalue weighted by molar-refractivity contribution is 5.91.